The minimum atomic E-state index is -0.739. The molecule has 1 atom stereocenters. The highest BCUT2D eigenvalue weighted by atomic mass is 19.1. The van der Waals surface area contributed by atoms with E-state index in [-0.39, 0.29) is 24.8 Å². The van der Waals surface area contributed by atoms with Crippen molar-refractivity contribution in [3.8, 4) is 0 Å². The third-order valence-electron chi connectivity index (χ3n) is 3.04. The highest BCUT2D eigenvalue weighted by Gasteiger charge is 2.24. The molecule has 2 N–H and O–H groups in total. The minimum Gasteiger partial charge on any atom is -0.453 e. The number of alkyl carbamates (subject to hydrolysis) is 1. The molecule has 0 bridgehead atoms. The molecule has 0 radical (unpaired) electrons. The number of hydrogen-bond donors (Lipinski definition) is 2. The predicted octanol–water partition coefficient (Wildman–Crippen LogP) is 2.00. The van der Waals surface area contributed by atoms with E-state index in [1.54, 1.807) is 13.8 Å². The molecule has 0 spiro atoms. The molecule has 0 aromatic heterocycles. The molecule has 22 heavy (non-hydrogen) atoms. The third kappa shape index (κ3) is 5.67. The van der Waals surface area contributed by atoms with Gasteiger partial charge in [0.05, 0.1) is 7.11 Å². The van der Waals surface area contributed by atoms with Crippen LogP contribution in [0.4, 0.5) is 13.6 Å². The topological polar surface area (TPSA) is 67.4 Å². The Morgan fingerprint density at radius 3 is 2.27 bits per heavy atom. The van der Waals surface area contributed by atoms with Crippen molar-refractivity contribution in [1.82, 2.24) is 10.6 Å². The van der Waals surface area contributed by atoms with Crippen molar-refractivity contribution in [3.63, 3.8) is 0 Å². The normalized spacial score (nSPS) is 11.9. The molecule has 1 aromatic rings. The second-order valence-electron chi connectivity index (χ2n) is 5.18. The first-order valence-corrected chi connectivity index (χ1v) is 6.90. The Morgan fingerprint density at radius 2 is 1.77 bits per heavy atom. The molecule has 0 aliphatic rings. The predicted molar refractivity (Wildman–Crippen MR) is 77.2 cm³/mol. The van der Waals surface area contributed by atoms with Crippen LogP contribution in [0, 0.1) is 17.6 Å². The molecule has 1 unspecified atom stereocenters. The summed E-state index contributed by atoms with van der Waals surface area (Å²) in [5.74, 6) is -1.83. The molecule has 7 heteroatoms. The lowest BCUT2D eigenvalue weighted by Crippen LogP contribution is -2.50. The van der Waals surface area contributed by atoms with E-state index in [0.29, 0.717) is 5.56 Å². The highest BCUT2D eigenvalue weighted by Crippen LogP contribution is 2.08. The van der Waals surface area contributed by atoms with Gasteiger partial charge in [0.2, 0.25) is 5.91 Å². The maximum Gasteiger partial charge on any atom is 0.407 e. The van der Waals surface area contributed by atoms with Gasteiger partial charge in [-0.1, -0.05) is 13.8 Å². The summed E-state index contributed by atoms with van der Waals surface area (Å²) in [7, 11) is 1.21. The van der Waals surface area contributed by atoms with Crippen LogP contribution < -0.4 is 10.6 Å². The van der Waals surface area contributed by atoms with E-state index >= 15 is 0 Å². The monoisotopic (exact) mass is 314 g/mol. The van der Waals surface area contributed by atoms with Crippen LogP contribution in [0.3, 0.4) is 0 Å². The van der Waals surface area contributed by atoms with Gasteiger partial charge < -0.3 is 15.4 Å². The van der Waals surface area contributed by atoms with Crippen molar-refractivity contribution >= 4 is 12.0 Å². The van der Waals surface area contributed by atoms with Crippen LogP contribution in [0.25, 0.3) is 0 Å². The maximum atomic E-state index is 13.0. The molecule has 0 aliphatic heterocycles. The van der Waals surface area contributed by atoms with E-state index in [9.17, 15) is 18.4 Å². The fourth-order valence-electron chi connectivity index (χ4n) is 1.92. The van der Waals surface area contributed by atoms with E-state index in [2.05, 4.69) is 15.4 Å². The van der Waals surface area contributed by atoms with Gasteiger partial charge in [0.25, 0.3) is 0 Å². The van der Waals surface area contributed by atoms with Crippen LogP contribution in [-0.2, 0) is 16.0 Å². The van der Waals surface area contributed by atoms with E-state index in [1.807, 2.05) is 0 Å². The number of carbonyl (C=O) groups is 2. The lowest BCUT2D eigenvalue weighted by atomic mass is 10.0. The number of methoxy groups -OCH3 is 1. The Balaban J connectivity index is 2.54. The van der Waals surface area contributed by atoms with Crippen LogP contribution in [-0.4, -0.2) is 31.7 Å². The largest absolute Gasteiger partial charge is 0.453 e. The van der Waals surface area contributed by atoms with Crippen molar-refractivity contribution in [2.75, 3.05) is 13.7 Å². The Hall–Kier alpha value is -2.18. The van der Waals surface area contributed by atoms with Crippen molar-refractivity contribution in [3.05, 3.63) is 35.4 Å². The minimum absolute atomic E-state index is 0.134. The van der Waals surface area contributed by atoms with Gasteiger partial charge in [0.1, 0.15) is 17.7 Å². The van der Waals surface area contributed by atoms with Crippen LogP contribution in [0.5, 0.6) is 0 Å². The van der Waals surface area contributed by atoms with Gasteiger partial charge in [-0.25, -0.2) is 13.6 Å². The lowest BCUT2D eigenvalue weighted by Gasteiger charge is -2.20. The van der Waals surface area contributed by atoms with Crippen LogP contribution in [0.15, 0.2) is 18.2 Å². The molecule has 0 saturated carbocycles. The molecule has 1 rings (SSSR count). The zero-order valence-electron chi connectivity index (χ0n) is 12.8. The van der Waals surface area contributed by atoms with E-state index in [4.69, 9.17) is 0 Å². The van der Waals surface area contributed by atoms with Crippen LogP contribution in [0.2, 0.25) is 0 Å². The van der Waals surface area contributed by atoms with Crippen molar-refractivity contribution in [1.29, 1.82) is 0 Å². The number of hydrogen-bond acceptors (Lipinski definition) is 3. The second-order valence-corrected chi connectivity index (χ2v) is 5.18. The van der Waals surface area contributed by atoms with Gasteiger partial charge in [-0.15, -0.1) is 0 Å². The summed E-state index contributed by atoms with van der Waals surface area (Å²) in [5, 5.41) is 5.07. The summed E-state index contributed by atoms with van der Waals surface area (Å²) in [6, 6.07) is 2.47. The fourth-order valence-corrected chi connectivity index (χ4v) is 1.92. The van der Waals surface area contributed by atoms with Gasteiger partial charge in [-0.05, 0) is 30.0 Å². The first-order valence-electron chi connectivity index (χ1n) is 6.90. The molecule has 0 fully saturated rings. The number of benzene rings is 1. The zero-order valence-corrected chi connectivity index (χ0v) is 12.8. The number of nitrogens with one attached hydrogen (secondary N) is 2. The molecule has 1 aromatic carbocycles. The standard InChI is InChI=1S/C15H20F2N2O3/c1-9(2)13(19-15(21)22-3)14(20)18-5-4-10-6-11(16)8-12(17)7-10/h6-9,13H,4-5H2,1-3H3,(H,18,20)(H,19,21). The average molecular weight is 314 g/mol. The van der Waals surface area contributed by atoms with Crippen molar-refractivity contribution in [2.45, 2.75) is 26.3 Å². The Labute approximate surface area is 128 Å². The van der Waals surface area contributed by atoms with E-state index in [1.165, 1.54) is 19.2 Å². The number of ether oxygens (including phenoxy) is 1. The molecule has 0 saturated heterocycles. The van der Waals surface area contributed by atoms with Gasteiger partial charge in [0, 0.05) is 12.6 Å². The van der Waals surface area contributed by atoms with Crippen LogP contribution in [0.1, 0.15) is 19.4 Å². The Bertz CT molecular complexity index is 515. The molecule has 0 heterocycles. The van der Waals surface area contributed by atoms with E-state index in [0.717, 1.165) is 6.07 Å². The van der Waals surface area contributed by atoms with Gasteiger partial charge in [-0.3, -0.25) is 4.79 Å². The molecular weight excluding hydrogens is 294 g/mol. The average Bonchev–Trinajstić information content (AvgIpc) is 2.42. The quantitative estimate of drug-likeness (QED) is 0.844. The van der Waals surface area contributed by atoms with E-state index < -0.39 is 23.8 Å². The van der Waals surface area contributed by atoms with Crippen molar-refractivity contribution < 1.29 is 23.1 Å². The smallest absolute Gasteiger partial charge is 0.407 e. The number of carbonyl (C=O) groups excluding carboxylic acids is 2. The molecule has 0 aliphatic carbocycles. The summed E-state index contributed by atoms with van der Waals surface area (Å²) in [6.45, 7) is 3.76. The van der Waals surface area contributed by atoms with Gasteiger partial charge in [-0.2, -0.15) is 0 Å². The van der Waals surface area contributed by atoms with Crippen molar-refractivity contribution in [2.24, 2.45) is 5.92 Å². The number of amides is 2. The number of halogens is 2. The first-order chi connectivity index (χ1) is 10.3. The highest BCUT2D eigenvalue weighted by molar-refractivity contribution is 5.85. The summed E-state index contributed by atoms with van der Waals surface area (Å²) >= 11 is 0. The second kappa shape index (κ2) is 8.31. The Kier molecular flexibility index (Phi) is 6.75. The summed E-state index contributed by atoms with van der Waals surface area (Å²) < 4.78 is 30.6. The summed E-state index contributed by atoms with van der Waals surface area (Å²) in [4.78, 5) is 23.2. The fraction of sp³-hybridized carbons (Fsp3) is 0.467. The first kappa shape index (κ1) is 17.9. The van der Waals surface area contributed by atoms with Gasteiger partial charge >= 0.3 is 6.09 Å². The summed E-state index contributed by atoms with van der Waals surface area (Å²) in [5.41, 5.74) is 0.444. The molecular formula is C15H20F2N2O3. The Morgan fingerprint density at radius 1 is 1.18 bits per heavy atom. The van der Waals surface area contributed by atoms with Gasteiger partial charge in [0.15, 0.2) is 0 Å². The molecule has 122 valence electrons. The lowest BCUT2D eigenvalue weighted by molar-refractivity contribution is -0.124. The third-order valence-corrected chi connectivity index (χ3v) is 3.04. The number of rotatable bonds is 6. The molecule has 2 amide bonds. The van der Waals surface area contributed by atoms with Crippen LogP contribution >= 0.6 is 0 Å². The zero-order chi connectivity index (χ0) is 16.7. The SMILES string of the molecule is COC(=O)NC(C(=O)NCCc1cc(F)cc(F)c1)C(C)C. The maximum absolute atomic E-state index is 13.0. The molecule has 5 nitrogen and oxygen atoms in total. The summed E-state index contributed by atoms with van der Waals surface area (Å²) in [6.07, 6.45) is -0.412.